The zero-order chi connectivity index (χ0) is 43.7. The summed E-state index contributed by atoms with van der Waals surface area (Å²) >= 11 is 0. The van der Waals surface area contributed by atoms with Crippen LogP contribution in [0.15, 0.2) is 91.7 Å². The van der Waals surface area contributed by atoms with Gasteiger partial charge < -0.3 is 15.2 Å². The summed E-state index contributed by atoms with van der Waals surface area (Å²) in [5, 5.41) is -3.39. The number of nitrogens with zero attached hydrogens (tertiary/aromatic N) is 2. The van der Waals surface area contributed by atoms with Crippen LogP contribution >= 0.6 is 0 Å². The van der Waals surface area contributed by atoms with Crippen molar-refractivity contribution < 1.29 is 87.4 Å². The zero-order valence-corrected chi connectivity index (χ0v) is 33.6. The van der Waals surface area contributed by atoms with Gasteiger partial charge in [0.05, 0.1) is 13.0 Å². The molecular formula is C28H27N4O20S6+. The number of aromatic nitrogens is 1. The molecule has 6 rings (SSSR count). The van der Waals surface area contributed by atoms with Crippen LogP contribution in [-0.2, 0) is 67.8 Å². The van der Waals surface area contributed by atoms with Gasteiger partial charge in [0.25, 0.3) is 40.5 Å². The molecule has 2 aliphatic carbocycles. The number of hydrogen-bond donors (Lipinski definition) is 8. The fourth-order valence-electron chi connectivity index (χ4n) is 7.54. The molecule has 24 nitrogen and oxygen atoms in total. The molecule has 8 N–H and O–H groups in total. The first-order chi connectivity index (χ1) is 26.2. The van der Waals surface area contributed by atoms with Gasteiger partial charge in [-0.3, -0.25) is 27.3 Å². The summed E-state index contributed by atoms with van der Waals surface area (Å²) in [7, 11) is -34.0. The normalized spacial score (nSPS) is 22.4. The highest BCUT2D eigenvalue weighted by molar-refractivity contribution is 7.90. The number of fused-ring (bicyclic) bond motifs is 3. The standard InChI is InChI=1S/C28H26N4O20S6/c1-31-10-4-6-15(31)26(33)32(2,24-19(56(44,45)46)11-14-13(25(24)58(50,51)52)5-3-7-16(14)53(35,36)37)23-20(57(47,48)49)12-18(55(41,42)43)22-21(23)17(54(38,39)40)8-9-28(22)29-27(34)30-28/h3-12,17-18,22H,1-2H3,(H7-,29,30,34,35,36,37,38,39,40,41,42,43,44,45,46,47,48,49,50,51,52)/p+1. The Hall–Kier alpha value is -4.44. The lowest BCUT2D eigenvalue weighted by atomic mass is 9.72. The fraction of sp³-hybridized carbons (Fsp3) is 0.214. The number of nitrogens with one attached hydrogen (secondary N) is 2. The molecule has 2 heterocycles. The molecule has 30 heteroatoms. The minimum atomic E-state index is -6.19. The Kier molecular flexibility index (Phi) is 9.69. The number of urea groups is 1. The highest BCUT2D eigenvalue weighted by atomic mass is 32.2. The molecule has 3 amide bonds. The zero-order valence-electron chi connectivity index (χ0n) is 28.7. The molecule has 3 aliphatic rings. The van der Waals surface area contributed by atoms with Crippen molar-refractivity contribution in [3.05, 3.63) is 82.7 Å². The van der Waals surface area contributed by atoms with Crippen molar-refractivity contribution in [2.24, 2.45) is 13.0 Å². The van der Waals surface area contributed by atoms with Crippen molar-refractivity contribution in [2.75, 3.05) is 7.05 Å². The molecule has 4 atom stereocenters. The fourth-order valence-corrected chi connectivity index (χ4v) is 12.9. The topological polar surface area (TPSA) is 389 Å². The number of quaternary nitrogens is 1. The smallest absolute Gasteiger partial charge is 0.343 e. The first kappa shape index (κ1) is 43.1. The van der Waals surface area contributed by atoms with Crippen LogP contribution in [0.25, 0.3) is 10.8 Å². The van der Waals surface area contributed by atoms with Gasteiger partial charge in [-0.2, -0.15) is 55.0 Å². The van der Waals surface area contributed by atoms with Crippen LogP contribution in [0.2, 0.25) is 0 Å². The average molecular weight is 932 g/mol. The third-order valence-corrected chi connectivity index (χ3v) is 15.5. The Bertz CT molecular complexity index is 3200. The van der Waals surface area contributed by atoms with E-state index in [1.807, 2.05) is 0 Å². The van der Waals surface area contributed by atoms with Crippen LogP contribution in [-0.4, -0.2) is 118 Å². The summed E-state index contributed by atoms with van der Waals surface area (Å²) in [6, 6.07) is 3.18. The number of aryl methyl sites for hydroxylation is 1. The summed E-state index contributed by atoms with van der Waals surface area (Å²) < 4.78 is 220. The van der Waals surface area contributed by atoms with Gasteiger partial charge >= 0.3 is 32.2 Å². The van der Waals surface area contributed by atoms with Crippen molar-refractivity contribution in [2.45, 2.75) is 30.8 Å². The van der Waals surface area contributed by atoms with E-state index in [2.05, 4.69) is 10.6 Å². The largest absolute Gasteiger partial charge is 0.372 e. The molecule has 4 unspecified atom stereocenters. The molecule has 58 heavy (non-hydrogen) atoms. The third-order valence-electron chi connectivity index (χ3n) is 9.71. The number of hydrogen-bond acceptors (Lipinski definition) is 14. The van der Waals surface area contributed by atoms with E-state index in [0.29, 0.717) is 25.3 Å². The molecule has 3 aromatic rings. The van der Waals surface area contributed by atoms with Gasteiger partial charge in [0.15, 0.2) is 26.1 Å². The molecule has 1 fully saturated rings. The minimum absolute atomic E-state index is 0.0226. The van der Waals surface area contributed by atoms with E-state index in [4.69, 9.17) is 0 Å². The Balaban J connectivity index is 2.04. The Labute approximate surface area is 328 Å². The van der Waals surface area contributed by atoms with Gasteiger partial charge in [-0.25, -0.2) is 9.59 Å². The second-order valence-corrected chi connectivity index (χ2v) is 21.8. The Morgan fingerprint density at radius 3 is 1.79 bits per heavy atom. The monoisotopic (exact) mass is 931 g/mol. The molecule has 1 saturated heterocycles. The van der Waals surface area contributed by atoms with Crippen molar-refractivity contribution >= 4 is 89.1 Å². The van der Waals surface area contributed by atoms with Crippen molar-refractivity contribution in [3.63, 3.8) is 0 Å². The highest BCUT2D eigenvalue weighted by Crippen LogP contribution is 2.54. The van der Waals surface area contributed by atoms with E-state index in [1.54, 1.807) is 0 Å². The SMILES string of the molecule is Cn1cccc1C(=O)[N+](C)(C1=C2C(C(S(=O)(=O)O)C=C1S(=O)(=O)O)C1(C=CC2S(=O)(=O)O)NC(=O)N1)c1c(S(=O)(=O)O)cc2c(S(=O)(=O)O)cccc2c1S(=O)(=O)O. The summed E-state index contributed by atoms with van der Waals surface area (Å²) in [5.74, 6) is -4.21. The van der Waals surface area contributed by atoms with Crippen LogP contribution in [0, 0.1) is 5.92 Å². The number of likely N-dealkylation sites (N-methyl/N-ethyl adjacent to an activating group) is 1. The molecule has 314 valence electrons. The molecule has 2 aromatic carbocycles. The maximum atomic E-state index is 15.3. The summed E-state index contributed by atoms with van der Waals surface area (Å²) in [6.07, 6.45) is 2.42. The van der Waals surface area contributed by atoms with Gasteiger partial charge in [0.2, 0.25) is 0 Å². The van der Waals surface area contributed by atoms with Gasteiger partial charge in [-0.1, -0.05) is 18.2 Å². The molecule has 1 spiro atoms. The molecule has 1 aliphatic heterocycles. The quantitative estimate of drug-likeness (QED) is 0.0757. The van der Waals surface area contributed by atoms with Gasteiger partial charge in [-0.05, 0) is 36.4 Å². The highest BCUT2D eigenvalue weighted by Gasteiger charge is 2.65. The van der Waals surface area contributed by atoms with Gasteiger partial charge in [0.1, 0.15) is 26.8 Å². The lowest BCUT2D eigenvalue weighted by Crippen LogP contribution is -2.80. The lowest BCUT2D eigenvalue weighted by molar-refractivity contribution is 0.0823. The van der Waals surface area contributed by atoms with Crippen LogP contribution < -0.4 is 15.1 Å². The average Bonchev–Trinajstić information content (AvgIpc) is 3.47. The predicted molar refractivity (Wildman–Crippen MR) is 195 cm³/mol. The number of rotatable bonds is 9. The van der Waals surface area contributed by atoms with E-state index in [-0.39, 0.29) is 12.1 Å². The number of carbonyl (C=O) groups excluding carboxylic acids is 2. The second kappa shape index (κ2) is 13.0. The van der Waals surface area contributed by atoms with E-state index in [9.17, 15) is 82.6 Å². The van der Waals surface area contributed by atoms with E-state index < -0.39 is 152 Å². The van der Waals surface area contributed by atoms with Crippen LogP contribution in [0.1, 0.15) is 10.5 Å². The van der Waals surface area contributed by atoms with Crippen LogP contribution in [0.3, 0.4) is 0 Å². The van der Waals surface area contributed by atoms with E-state index >= 15 is 4.79 Å². The maximum absolute atomic E-state index is 15.3. The number of carbonyl (C=O) groups is 2. The predicted octanol–water partition coefficient (Wildman–Crippen LogP) is -0.557. The first-order valence-electron chi connectivity index (χ1n) is 15.4. The van der Waals surface area contributed by atoms with Crippen LogP contribution in [0.4, 0.5) is 10.5 Å². The molecule has 0 saturated carbocycles. The maximum Gasteiger partial charge on any atom is 0.372 e. The second-order valence-electron chi connectivity index (χ2n) is 13.2. The van der Waals surface area contributed by atoms with Gasteiger partial charge in [0, 0.05) is 29.6 Å². The van der Waals surface area contributed by atoms with Crippen molar-refractivity contribution in [1.29, 1.82) is 0 Å². The van der Waals surface area contributed by atoms with Crippen molar-refractivity contribution in [3.8, 4) is 0 Å². The molecule has 1 aromatic heterocycles. The van der Waals surface area contributed by atoms with Crippen LogP contribution in [0.5, 0.6) is 0 Å². The molecule has 0 radical (unpaired) electrons. The Morgan fingerprint density at radius 1 is 0.759 bits per heavy atom. The minimum Gasteiger partial charge on any atom is -0.343 e. The lowest BCUT2D eigenvalue weighted by Gasteiger charge is -2.53. The van der Waals surface area contributed by atoms with Gasteiger partial charge in [-0.15, -0.1) is 0 Å². The first-order valence-corrected chi connectivity index (χ1v) is 24.2. The summed E-state index contributed by atoms with van der Waals surface area (Å²) in [4.78, 5) is 20.8. The van der Waals surface area contributed by atoms with E-state index in [0.717, 1.165) is 42.1 Å². The summed E-state index contributed by atoms with van der Waals surface area (Å²) in [5.41, 5.74) is -7.85. The van der Waals surface area contributed by atoms with Crippen molar-refractivity contribution in [1.82, 2.24) is 19.7 Å². The summed E-state index contributed by atoms with van der Waals surface area (Å²) in [6.45, 7) is 0. The number of benzene rings is 2. The molecular weight excluding hydrogens is 905 g/mol. The molecule has 0 bridgehead atoms. The Morgan fingerprint density at radius 2 is 1.34 bits per heavy atom. The third kappa shape index (κ3) is 6.77. The van der Waals surface area contributed by atoms with E-state index in [1.165, 1.54) is 0 Å². The number of amides is 3.